The lowest BCUT2D eigenvalue weighted by Gasteiger charge is -2.31. The van der Waals surface area contributed by atoms with Gasteiger partial charge in [0.1, 0.15) is 5.82 Å². The summed E-state index contributed by atoms with van der Waals surface area (Å²) in [4.78, 5) is 18.4. The highest BCUT2D eigenvalue weighted by Crippen LogP contribution is 2.21. The van der Waals surface area contributed by atoms with E-state index in [1.54, 1.807) is 6.92 Å². The molecule has 1 aromatic heterocycles. The van der Waals surface area contributed by atoms with Gasteiger partial charge >= 0.3 is 6.03 Å². The predicted octanol–water partition coefficient (Wildman–Crippen LogP) is 1.50. The summed E-state index contributed by atoms with van der Waals surface area (Å²) >= 11 is 0. The number of carbonyl (C=O) groups is 1. The third-order valence-corrected chi connectivity index (χ3v) is 4.02. The molecule has 0 saturated carbocycles. The first kappa shape index (κ1) is 16.5. The maximum absolute atomic E-state index is 11.6. The minimum Gasteiger partial charge on any atom is -0.394 e. The van der Waals surface area contributed by atoms with E-state index in [9.17, 15) is 4.79 Å². The molecule has 22 heavy (non-hydrogen) atoms. The molecular formula is C16H26N4O2. The summed E-state index contributed by atoms with van der Waals surface area (Å²) < 4.78 is 0. The SMILES string of the molecule is CC1CCN(c2ccc(CNC(=O)NC(C)CO)cn2)CC1. The number of nitrogens with one attached hydrogen (secondary N) is 2. The Morgan fingerprint density at radius 3 is 2.77 bits per heavy atom. The topological polar surface area (TPSA) is 77.5 Å². The zero-order chi connectivity index (χ0) is 15.9. The van der Waals surface area contributed by atoms with Crippen molar-refractivity contribution in [1.29, 1.82) is 0 Å². The maximum Gasteiger partial charge on any atom is 0.315 e. The standard InChI is InChI=1S/C16H26N4O2/c1-12-5-7-20(8-6-12)15-4-3-14(9-17-15)10-18-16(22)19-13(2)11-21/h3-4,9,12-13,21H,5-8,10-11H2,1-2H3,(H2,18,19,22). The van der Waals surface area contributed by atoms with Crippen molar-refractivity contribution < 1.29 is 9.90 Å². The van der Waals surface area contributed by atoms with Crippen molar-refractivity contribution in [2.45, 2.75) is 39.3 Å². The molecule has 0 aromatic carbocycles. The summed E-state index contributed by atoms with van der Waals surface area (Å²) in [6, 6.07) is 3.48. The number of piperidine rings is 1. The largest absolute Gasteiger partial charge is 0.394 e. The van der Waals surface area contributed by atoms with Crippen LogP contribution in [0, 0.1) is 5.92 Å². The summed E-state index contributed by atoms with van der Waals surface area (Å²) in [5.41, 5.74) is 0.959. The Balaban J connectivity index is 1.80. The van der Waals surface area contributed by atoms with Crippen LogP contribution in [0.4, 0.5) is 10.6 Å². The van der Waals surface area contributed by atoms with Crippen molar-refractivity contribution in [2.75, 3.05) is 24.6 Å². The molecule has 2 rings (SSSR count). The lowest BCUT2D eigenvalue weighted by atomic mass is 9.99. The number of anilines is 1. The number of nitrogens with zero attached hydrogens (tertiary/aromatic N) is 2. The van der Waals surface area contributed by atoms with Crippen molar-refractivity contribution in [2.24, 2.45) is 5.92 Å². The van der Waals surface area contributed by atoms with E-state index in [0.717, 1.165) is 30.4 Å². The molecule has 0 aliphatic carbocycles. The Morgan fingerprint density at radius 1 is 1.45 bits per heavy atom. The quantitative estimate of drug-likeness (QED) is 0.770. The van der Waals surface area contributed by atoms with Gasteiger partial charge in [0.15, 0.2) is 0 Å². The Morgan fingerprint density at radius 2 is 2.18 bits per heavy atom. The molecule has 1 aromatic rings. The zero-order valence-electron chi connectivity index (χ0n) is 13.4. The Kier molecular flexibility index (Phi) is 6.00. The number of hydrogen-bond acceptors (Lipinski definition) is 4. The number of aliphatic hydroxyl groups is 1. The van der Waals surface area contributed by atoms with Gasteiger partial charge in [0, 0.05) is 25.8 Å². The first-order chi connectivity index (χ1) is 10.6. The summed E-state index contributed by atoms with van der Waals surface area (Å²) in [7, 11) is 0. The summed E-state index contributed by atoms with van der Waals surface area (Å²) in [5, 5.41) is 14.3. The number of rotatable bonds is 5. The average molecular weight is 306 g/mol. The van der Waals surface area contributed by atoms with Crippen LogP contribution in [0.5, 0.6) is 0 Å². The van der Waals surface area contributed by atoms with E-state index in [0.29, 0.717) is 6.54 Å². The number of aliphatic hydroxyl groups excluding tert-OH is 1. The summed E-state index contributed by atoms with van der Waals surface area (Å²) in [6.45, 7) is 6.52. The number of aromatic nitrogens is 1. The van der Waals surface area contributed by atoms with Gasteiger partial charge in [-0.15, -0.1) is 0 Å². The van der Waals surface area contributed by atoms with Crippen molar-refractivity contribution in [1.82, 2.24) is 15.6 Å². The van der Waals surface area contributed by atoms with Crippen LogP contribution in [0.25, 0.3) is 0 Å². The van der Waals surface area contributed by atoms with Gasteiger partial charge in [-0.1, -0.05) is 13.0 Å². The first-order valence-corrected chi connectivity index (χ1v) is 7.93. The second-order valence-electron chi connectivity index (χ2n) is 6.10. The highest BCUT2D eigenvalue weighted by Gasteiger charge is 2.16. The Labute approximate surface area is 131 Å². The van der Waals surface area contributed by atoms with Gasteiger partial charge in [-0.05, 0) is 37.3 Å². The van der Waals surface area contributed by atoms with E-state index in [4.69, 9.17) is 5.11 Å². The fourth-order valence-corrected chi connectivity index (χ4v) is 2.45. The van der Waals surface area contributed by atoms with Gasteiger partial charge < -0.3 is 20.6 Å². The summed E-state index contributed by atoms with van der Waals surface area (Å²) in [6.07, 6.45) is 4.24. The molecule has 1 aliphatic rings. The lowest BCUT2D eigenvalue weighted by molar-refractivity contribution is 0.220. The molecule has 1 atom stereocenters. The monoisotopic (exact) mass is 306 g/mol. The molecule has 1 aliphatic heterocycles. The fraction of sp³-hybridized carbons (Fsp3) is 0.625. The van der Waals surface area contributed by atoms with Crippen LogP contribution in [-0.4, -0.2) is 41.9 Å². The molecule has 0 bridgehead atoms. The van der Waals surface area contributed by atoms with Crippen LogP contribution in [-0.2, 0) is 6.54 Å². The van der Waals surface area contributed by atoms with Crippen molar-refractivity contribution in [3.63, 3.8) is 0 Å². The molecule has 1 unspecified atom stereocenters. The number of carbonyl (C=O) groups excluding carboxylic acids is 1. The van der Waals surface area contributed by atoms with E-state index < -0.39 is 0 Å². The highest BCUT2D eigenvalue weighted by atomic mass is 16.3. The van der Waals surface area contributed by atoms with E-state index in [1.165, 1.54) is 12.8 Å². The molecule has 122 valence electrons. The van der Waals surface area contributed by atoms with Crippen LogP contribution >= 0.6 is 0 Å². The number of amides is 2. The normalized spacial score (nSPS) is 17.1. The predicted molar refractivity (Wildman–Crippen MR) is 86.8 cm³/mol. The molecule has 0 spiro atoms. The van der Waals surface area contributed by atoms with Gasteiger partial charge in [0.25, 0.3) is 0 Å². The average Bonchev–Trinajstić information content (AvgIpc) is 2.54. The van der Waals surface area contributed by atoms with Crippen molar-refractivity contribution >= 4 is 11.8 Å². The second-order valence-corrected chi connectivity index (χ2v) is 6.10. The number of hydrogen-bond donors (Lipinski definition) is 3. The van der Waals surface area contributed by atoms with Crippen LogP contribution in [0.3, 0.4) is 0 Å². The minimum atomic E-state index is -0.282. The van der Waals surface area contributed by atoms with E-state index >= 15 is 0 Å². The zero-order valence-corrected chi connectivity index (χ0v) is 13.4. The Hall–Kier alpha value is -1.82. The van der Waals surface area contributed by atoms with Crippen molar-refractivity contribution in [3.05, 3.63) is 23.9 Å². The molecule has 1 saturated heterocycles. The van der Waals surface area contributed by atoms with Crippen LogP contribution in [0.2, 0.25) is 0 Å². The van der Waals surface area contributed by atoms with Crippen LogP contribution in [0.1, 0.15) is 32.3 Å². The van der Waals surface area contributed by atoms with Crippen LogP contribution in [0.15, 0.2) is 18.3 Å². The van der Waals surface area contributed by atoms with Gasteiger partial charge in [-0.2, -0.15) is 0 Å². The molecule has 2 amide bonds. The van der Waals surface area contributed by atoms with E-state index in [-0.39, 0.29) is 18.7 Å². The molecule has 6 nitrogen and oxygen atoms in total. The van der Waals surface area contributed by atoms with Gasteiger partial charge in [0.05, 0.1) is 12.6 Å². The van der Waals surface area contributed by atoms with E-state index in [2.05, 4.69) is 27.4 Å². The third-order valence-electron chi connectivity index (χ3n) is 4.02. The maximum atomic E-state index is 11.6. The van der Waals surface area contributed by atoms with Crippen LogP contribution < -0.4 is 15.5 Å². The minimum absolute atomic E-state index is 0.0713. The molecule has 1 fully saturated rings. The van der Waals surface area contributed by atoms with Gasteiger partial charge in [-0.3, -0.25) is 0 Å². The number of urea groups is 1. The Bertz CT molecular complexity index is 470. The molecule has 2 heterocycles. The molecule has 0 radical (unpaired) electrons. The van der Waals surface area contributed by atoms with Gasteiger partial charge in [-0.25, -0.2) is 9.78 Å². The van der Waals surface area contributed by atoms with Gasteiger partial charge in [0.2, 0.25) is 0 Å². The fourth-order valence-electron chi connectivity index (χ4n) is 2.45. The summed E-state index contributed by atoms with van der Waals surface area (Å²) in [5.74, 6) is 1.81. The lowest BCUT2D eigenvalue weighted by Crippen LogP contribution is -2.41. The molecule has 3 N–H and O–H groups in total. The second kappa shape index (κ2) is 7.98. The van der Waals surface area contributed by atoms with E-state index in [1.807, 2.05) is 18.3 Å². The smallest absolute Gasteiger partial charge is 0.315 e. The molecular weight excluding hydrogens is 280 g/mol. The number of pyridine rings is 1. The first-order valence-electron chi connectivity index (χ1n) is 7.93. The van der Waals surface area contributed by atoms with Crippen molar-refractivity contribution in [3.8, 4) is 0 Å². The third kappa shape index (κ3) is 4.87. The molecule has 6 heteroatoms. The highest BCUT2D eigenvalue weighted by molar-refractivity contribution is 5.74.